The van der Waals surface area contributed by atoms with Gasteiger partial charge in [0.15, 0.2) is 11.5 Å². The average molecular weight is 453 g/mol. The maximum Gasteiger partial charge on any atom is 0.277 e. The van der Waals surface area contributed by atoms with Crippen molar-refractivity contribution in [1.82, 2.24) is 14.2 Å². The molecule has 9 nitrogen and oxygen atoms in total. The van der Waals surface area contributed by atoms with E-state index in [0.29, 0.717) is 39.2 Å². The van der Waals surface area contributed by atoms with Crippen LogP contribution in [0.2, 0.25) is 5.02 Å². The van der Waals surface area contributed by atoms with E-state index in [1.165, 1.54) is 22.4 Å². The molecule has 4 aromatic rings. The molecule has 162 valence electrons. The Hall–Kier alpha value is -3.98. The fraction of sp³-hybridized carbons (Fsp3) is 0.136. The number of hydrogen-bond acceptors (Lipinski definition) is 6. The molecule has 1 N–H and O–H groups in total. The summed E-state index contributed by atoms with van der Waals surface area (Å²) in [6.45, 7) is -0.00662. The van der Waals surface area contributed by atoms with E-state index in [-0.39, 0.29) is 18.9 Å². The van der Waals surface area contributed by atoms with Gasteiger partial charge < -0.3 is 24.1 Å². The van der Waals surface area contributed by atoms with Gasteiger partial charge in [0.2, 0.25) is 12.7 Å². The van der Waals surface area contributed by atoms with Gasteiger partial charge in [0, 0.05) is 23.0 Å². The summed E-state index contributed by atoms with van der Waals surface area (Å²) < 4.78 is 18.8. The SMILES string of the molecule is COc1ccc(Cl)cc1NC(=O)Cn1ccn2nc(-c3ccc4c(c3)OCO4)cc2c1=O. The lowest BCUT2D eigenvalue weighted by atomic mass is 10.1. The van der Waals surface area contributed by atoms with Crippen LogP contribution in [0, 0.1) is 0 Å². The van der Waals surface area contributed by atoms with E-state index in [2.05, 4.69) is 10.4 Å². The van der Waals surface area contributed by atoms with Gasteiger partial charge in [0.1, 0.15) is 17.8 Å². The first kappa shape index (κ1) is 20.0. The summed E-state index contributed by atoms with van der Waals surface area (Å²) in [5, 5.41) is 7.64. The van der Waals surface area contributed by atoms with Gasteiger partial charge in [0.25, 0.3) is 5.56 Å². The highest BCUT2D eigenvalue weighted by Gasteiger charge is 2.17. The standard InChI is InChI=1S/C22H17ClN4O5/c1-30-18-5-3-14(23)9-16(18)24-21(28)11-26-6-7-27-17(22(26)29)10-15(25-27)13-2-4-19-20(8-13)32-12-31-19/h2-10H,11-12H2,1H3,(H,24,28). The number of carbonyl (C=O) groups excluding carboxylic acids is 1. The molecule has 0 atom stereocenters. The van der Waals surface area contributed by atoms with Crippen LogP contribution in [-0.2, 0) is 11.3 Å². The molecule has 10 heteroatoms. The van der Waals surface area contributed by atoms with Crippen molar-refractivity contribution in [2.45, 2.75) is 6.54 Å². The van der Waals surface area contributed by atoms with E-state index in [0.717, 1.165) is 5.56 Å². The molecule has 0 fully saturated rings. The fourth-order valence-corrected chi connectivity index (χ4v) is 3.64. The molecule has 0 radical (unpaired) electrons. The molecule has 32 heavy (non-hydrogen) atoms. The summed E-state index contributed by atoms with van der Waals surface area (Å²) in [6, 6.07) is 12.0. The van der Waals surface area contributed by atoms with Crippen molar-refractivity contribution in [2.24, 2.45) is 0 Å². The number of halogens is 1. The minimum atomic E-state index is -0.396. The number of methoxy groups -OCH3 is 1. The molecular weight excluding hydrogens is 436 g/mol. The third-order valence-corrected chi connectivity index (χ3v) is 5.26. The zero-order valence-corrected chi connectivity index (χ0v) is 17.6. The first-order chi connectivity index (χ1) is 15.5. The highest BCUT2D eigenvalue weighted by atomic mass is 35.5. The van der Waals surface area contributed by atoms with Gasteiger partial charge >= 0.3 is 0 Å². The molecule has 0 saturated heterocycles. The number of nitrogens with one attached hydrogen (secondary N) is 1. The molecule has 5 rings (SSSR count). The van der Waals surface area contributed by atoms with E-state index in [9.17, 15) is 9.59 Å². The van der Waals surface area contributed by atoms with Crippen LogP contribution < -0.4 is 25.1 Å². The summed E-state index contributed by atoms with van der Waals surface area (Å²) in [5.41, 5.74) is 1.81. The minimum Gasteiger partial charge on any atom is -0.495 e. The predicted octanol–water partition coefficient (Wildman–Crippen LogP) is 3.19. The first-order valence-electron chi connectivity index (χ1n) is 9.64. The molecule has 1 amide bonds. The number of amides is 1. The predicted molar refractivity (Wildman–Crippen MR) is 118 cm³/mol. The zero-order chi connectivity index (χ0) is 22.2. The monoisotopic (exact) mass is 452 g/mol. The molecule has 1 aliphatic heterocycles. The van der Waals surface area contributed by atoms with Crippen molar-refractivity contribution in [3.63, 3.8) is 0 Å². The van der Waals surface area contributed by atoms with Gasteiger partial charge in [-0.25, -0.2) is 4.52 Å². The van der Waals surface area contributed by atoms with Crippen LogP contribution in [0.3, 0.4) is 0 Å². The summed E-state index contributed by atoms with van der Waals surface area (Å²) in [4.78, 5) is 25.5. The summed E-state index contributed by atoms with van der Waals surface area (Å²) in [5.74, 6) is 1.37. The normalized spacial score (nSPS) is 12.2. The first-order valence-corrected chi connectivity index (χ1v) is 10.0. The van der Waals surface area contributed by atoms with Crippen molar-refractivity contribution in [2.75, 3.05) is 19.2 Å². The highest BCUT2D eigenvalue weighted by molar-refractivity contribution is 6.31. The maximum atomic E-state index is 13.0. The van der Waals surface area contributed by atoms with Gasteiger partial charge in [-0.3, -0.25) is 9.59 Å². The second-order valence-electron chi connectivity index (χ2n) is 7.05. The average Bonchev–Trinajstić information content (AvgIpc) is 3.42. The zero-order valence-electron chi connectivity index (χ0n) is 16.9. The van der Waals surface area contributed by atoms with Crippen molar-refractivity contribution in [1.29, 1.82) is 0 Å². The molecular formula is C22H17ClN4O5. The Bertz CT molecular complexity index is 1410. The van der Waals surface area contributed by atoms with Crippen LogP contribution in [0.25, 0.3) is 16.8 Å². The Morgan fingerprint density at radius 1 is 1.16 bits per heavy atom. The van der Waals surface area contributed by atoms with E-state index in [4.69, 9.17) is 25.8 Å². The maximum absolute atomic E-state index is 13.0. The number of ether oxygens (including phenoxy) is 3. The Morgan fingerprint density at radius 2 is 2.00 bits per heavy atom. The molecule has 0 spiro atoms. The fourth-order valence-electron chi connectivity index (χ4n) is 3.47. The van der Waals surface area contributed by atoms with Crippen LogP contribution in [-0.4, -0.2) is 34.0 Å². The smallest absolute Gasteiger partial charge is 0.277 e. The molecule has 2 aromatic carbocycles. The van der Waals surface area contributed by atoms with Crippen molar-refractivity contribution in [3.8, 4) is 28.5 Å². The van der Waals surface area contributed by atoms with Crippen molar-refractivity contribution in [3.05, 3.63) is 70.2 Å². The van der Waals surface area contributed by atoms with E-state index >= 15 is 0 Å². The number of benzene rings is 2. The second kappa shape index (κ2) is 7.93. The number of carbonyl (C=O) groups is 1. The summed E-state index contributed by atoms with van der Waals surface area (Å²) in [6.07, 6.45) is 3.14. The van der Waals surface area contributed by atoms with Gasteiger partial charge in [-0.05, 0) is 42.5 Å². The third-order valence-electron chi connectivity index (χ3n) is 5.02. The highest BCUT2D eigenvalue weighted by Crippen LogP contribution is 2.35. The van der Waals surface area contributed by atoms with Crippen molar-refractivity contribution < 1.29 is 19.0 Å². The van der Waals surface area contributed by atoms with Crippen LogP contribution in [0.1, 0.15) is 0 Å². The lowest BCUT2D eigenvalue weighted by molar-refractivity contribution is -0.116. The molecule has 3 heterocycles. The Morgan fingerprint density at radius 3 is 2.84 bits per heavy atom. The van der Waals surface area contributed by atoms with Gasteiger partial charge in [0.05, 0.1) is 18.5 Å². The third kappa shape index (κ3) is 3.63. The van der Waals surface area contributed by atoms with E-state index < -0.39 is 5.91 Å². The molecule has 0 saturated carbocycles. The summed E-state index contributed by atoms with van der Waals surface area (Å²) in [7, 11) is 1.49. The van der Waals surface area contributed by atoms with Crippen LogP contribution in [0.4, 0.5) is 5.69 Å². The molecule has 0 bridgehead atoms. The van der Waals surface area contributed by atoms with Gasteiger partial charge in [-0.1, -0.05) is 11.6 Å². The Kier molecular flexibility index (Phi) is 4.95. The second-order valence-corrected chi connectivity index (χ2v) is 7.49. The molecule has 1 aliphatic rings. The topological polar surface area (TPSA) is 96.1 Å². The van der Waals surface area contributed by atoms with Crippen LogP contribution >= 0.6 is 11.6 Å². The number of aromatic nitrogens is 3. The van der Waals surface area contributed by atoms with E-state index in [1.54, 1.807) is 36.5 Å². The number of anilines is 1. The Labute approximate surface area is 186 Å². The quantitative estimate of drug-likeness (QED) is 0.499. The van der Waals surface area contributed by atoms with Gasteiger partial charge in [-0.15, -0.1) is 0 Å². The molecule has 0 unspecified atom stereocenters. The number of rotatable bonds is 5. The van der Waals surface area contributed by atoms with Crippen LogP contribution in [0.15, 0.2) is 59.7 Å². The number of nitrogens with zero attached hydrogens (tertiary/aromatic N) is 3. The molecule has 2 aromatic heterocycles. The van der Waals surface area contributed by atoms with Crippen LogP contribution in [0.5, 0.6) is 17.2 Å². The lowest BCUT2D eigenvalue weighted by Crippen LogP contribution is -2.28. The van der Waals surface area contributed by atoms with Gasteiger partial charge in [-0.2, -0.15) is 5.10 Å². The molecule has 0 aliphatic carbocycles. The number of fused-ring (bicyclic) bond motifs is 2. The van der Waals surface area contributed by atoms with Crippen molar-refractivity contribution >= 4 is 28.7 Å². The minimum absolute atomic E-state index is 0.178. The lowest BCUT2D eigenvalue weighted by Gasteiger charge is -2.11. The summed E-state index contributed by atoms with van der Waals surface area (Å²) >= 11 is 6.01. The largest absolute Gasteiger partial charge is 0.495 e. The van der Waals surface area contributed by atoms with E-state index in [1.807, 2.05) is 12.1 Å². The Balaban J connectivity index is 1.41. The number of hydrogen-bond donors (Lipinski definition) is 1.